The van der Waals surface area contributed by atoms with Crippen molar-refractivity contribution in [2.45, 2.75) is 37.8 Å². The minimum atomic E-state index is 0.253. The normalized spacial score (nSPS) is 22.2. The molecule has 112 valence electrons. The summed E-state index contributed by atoms with van der Waals surface area (Å²) in [5.41, 5.74) is 2.00. The molecule has 2 unspecified atom stereocenters. The minimum absolute atomic E-state index is 0.253. The van der Waals surface area contributed by atoms with E-state index in [1.165, 1.54) is 12.8 Å². The molecule has 0 saturated heterocycles. The molecule has 0 aliphatic heterocycles. The van der Waals surface area contributed by atoms with Crippen molar-refractivity contribution in [3.05, 3.63) is 41.7 Å². The van der Waals surface area contributed by atoms with E-state index in [0.29, 0.717) is 6.04 Å². The van der Waals surface area contributed by atoms with E-state index in [1.54, 1.807) is 13.3 Å². The molecule has 1 fully saturated rings. The van der Waals surface area contributed by atoms with Gasteiger partial charge in [0.15, 0.2) is 0 Å². The molecule has 2 aromatic rings. The van der Waals surface area contributed by atoms with Crippen LogP contribution in [0.3, 0.4) is 0 Å². The Kier molecular flexibility index (Phi) is 4.46. The zero-order valence-corrected chi connectivity index (χ0v) is 12.9. The second-order valence-corrected chi connectivity index (χ2v) is 5.86. The van der Waals surface area contributed by atoms with Crippen LogP contribution in [0.1, 0.15) is 25.7 Å². The number of hydrogen-bond acceptors (Lipinski definition) is 3. The molecular formula is C16H20ClN3O. The summed E-state index contributed by atoms with van der Waals surface area (Å²) in [5.74, 6) is 0. The fourth-order valence-corrected chi connectivity index (χ4v) is 3.15. The molecule has 2 atom stereocenters. The molecule has 0 amide bonds. The van der Waals surface area contributed by atoms with Gasteiger partial charge in [-0.15, -0.1) is 0 Å². The first-order chi connectivity index (χ1) is 10.3. The highest BCUT2D eigenvalue weighted by Crippen LogP contribution is 2.29. The van der Waals surface area contributed by atoms with Crippen molar-refractivity contribution < 1.29 is 4.74 Å². The van der Waals surface area contributed by atoms with Crippen LogP contribution in [0.5, 0.6) is 0 Å². The van der Waals surface area contributed by atoms with Gasteiger partial charge in [-0.25, -0.2) is 4.68 Å². The largest absolute Gasteiger partial charge is 0.379 e. The molecule has 1 N–H and O–H groups in total. The Balaban J connectivity index is 1.88. The van der Waals surface area contributed by atoms with Crippen molar-refractivity contribution in [2.75, 3.05) is 12.4 Å². The summed E-state index contributed by atoms with van der Waals surface area (Å²) >= 11 is 6.17. The summed E-state index contributed by atoms with van der Waals surface area (Å²) in [6, 6.07) is 8.06. The van der Waals surface area contributed by atoms with Crippen molar-refractivity contribution in [1.82, 2.24) is 9.78 Å². The fraction of sp³-hybridized carbons (Fsp3) is 0.438. The summed E-state index contributed by atoms with van der Waals surface area (Å²) in [6.45, 7) is 0. The standard InChI is InChI=1S/C16H20ClN3O/c1-21-16-6-3-2-5-13(16)19-14-11-12(17)7-8-15(14)20-10-4-9-18-20/h4,7-11,13,16,19H,2-3,5-6H2,1H3. The molecule has 4 nitrogen and oxygen atoms in total. The number of halogens is 1. The topological polar surface area (TPSA) is 39.1 Å². The molecule has 3 rings (SSSR count). The predicted octanol–water partition coefficient (Wildman–Crippen LogP) is 3.90. The Labute approximate surface area is 130 Å². The van der Waals surface area contributed by atoms with Gasteiger partial charge in [0.1, 0.15) is 0 Å². The maximum absolute atomic E-state index is 6.17. The first-order valence-electron chi connectivity index (χ1n) is 7.37. The van der Waals surface area contributed by atoms with E-state index in [9.17, 15) is 0 Å². The lowest BCUT2D eigenvalue weighted by Gasteiger charge is -2.32. The Bertz CT molecular complexity index is 585. The SMILES string of the molecule is COC1CCCCC1Nc1cc(Cl)ccc1-n1cccn1. The number of ether oxygens (including phenoxy) is 1. The smallest absolute Gasteiger partial charge is 0.0877 e. The van der Waals surface area contributed by atoms with E-state index in [2.05, 4.69) is 10.4 Å². The number of anilines is 1. The van der Waals surface area contributed by atoms with Crippen LogP contribution in [-0.4, -0.2) is 29.0 Å². The van der Waals surface area contributed by atoms with Crippen LogP contribution in [0.2, 0.25) is 5.02 Å². The highest BCUT2D eigenvalue weighted by molar-refractivity contribution is 6.31. The second-order valence-electron chi connectivity index (χ2n) is 5.42. The molecule has 0 radical (unpaired) electrons. The van der Waals surface area contributed by atoms with E-state index in [0.717, 1.165) is 29.2 Å². The van der Waals surface area contributed by atoms with Crippen LogP contribution in [0.25, 0.3) is 5.69 Å². The zero-order chi connectivity index (χ0) is 14.7. The molecule has 5 heteroatoms. The monoisotopic (exact) mass is 305 g/mol. The third-order valence-corrected chi connectivity index (χ3v) is 4.29. The second kappa shape index (κ2) is 6.50. The minimum Gasteiger partial charge on any atom is -0.379 e. The van der Waals surface area contributed by atoms with Gasteiger partial charge in [0, 0.05) is 24.5 Å². The Morgan fingerprint density at radius 2 is 2.19 bits per heavy atom. The molecule has 0 bridgehead atoms. The van der Waals surface area contributed by atoms with Gasteiger partial charge in [-0.3, -0.25) is 0 Å². The molecule has 1 saturated carbocycles. The predicted molar refractivity (Wildman–Crippen MR) is 85.2 cm³/mol. The third kappa shape index (κ3) is 3.22. The summed E-state index contributed by atoms with van der Waals surface area (Å²) in [5, 5.41) is 8.64. The van der Waals surface area contributed by atoms with Crippen LogP contribution >= 0.6 is 11.6 Å². The van der Waals surface area contributed by atoms with Crippen molar-refractivity contribution in [2.24, 2.45) is 0 Å². The van der Waals surface area contributed by atoms with Crippen molar-refractivity contribution in [3.8, 4) is 5.69 Å². The number of nitrogens with one attached hydrogen (secondary N) is 1. The molecule has 1 aliphatic carbocycles. The lowest BCUT2D eigenvalue weighted by Crippen LogP contribution is -2.38. The molecular weight excluding hydrogens is 286 g/mol. The van der Waals surface area contributed by atoms with Gasteiger partial charge in [-0.2, -0.15) is 5.10 Å². The van der Waals surface area contributed by atoms with Crippen LogP contribution < -0.4 is 5.32 Å². The lowest BCUT2D eigenvalue weighted by molar-refractivity contribution is 0.0606. The quantitative estimate of drug-likeness (QED) is 0.931. The van der Waals surface area contributed by atoms with E-state index in [4.69, 9.17) is 16.3 Å². The van der Waals surface area contributed by atoms with Crippen molar-refractivity contribution >= 4 is 17.3 Å². The Hall–Kier alpha value is -1.52. The molecule has 1 aromatic carbocycles. The van der Waals surface area contributed by atoms with Gasteiger partial charge in [0.25, 0.3) is 0 Å². The van der Waals surface area contributed by atoms with Crippen LogP contribution in [0.4, 0.5) is 5.69 Å². The average molecular weight is 306 g/mol. The fourth-order valence-electron chi connectivity index (χ4n) is 2.98. The average Bonchev–Trinajstić information content (AvgIpc) is 3.02. The van der Waals surface area contributed by atoms with Gasteiger partial charge >= 0.3 is 0 Å². The molecule has 21 heavy (non-hydrogen) atoms. The first-order valence-corrected chi connectivity index (χ1v) is 7.74. The maximum atomic E-state index is 6.17. The van der Waals surface area contributed by atoms with Crippen LogP contribution in [-0.2, 0) is 4.74 Å². The number of aromatic nitrogens is 2. The van der Waals surface area contributed by atoms with Crippen LogP contribution in [0, 0.1) is 0 Å². The highest BCUT2D eigenvalue weighted by atomic mass is 35.5. The number of methoxy groups -OCH3 is 1. The Morgan fingerprint density at radius 3 is 2.95 bits per heavy atom. The third-order valence-electron chi connectivity index (χ3n) is 4.06. The van der Waals surface area contributed by atoms with Crippen LogP contribution in [0.15, 0.2) is 36.7 Å². The van der Waals surface area contributed by atoms with Crippen molar-refractivity contribution in [1.29, 1.82) is 0 Å². The molecule has 1 aliphatic rings. The summed E-state index contributed by atoms with van der Waals surface area (Å²) in [6.07, 6.45) is 8.64. The van der Waals surface area contributed by atoms with Crippen molar-refractivity contribution in [3.63, 3.8) is 0 Å². The van der Waals surface area contributed by atoms with E-state index < -0.39 is 0 Å². The van der Waals surface area contributed by atoms with E-state index in [1.807, 2.05) is 35.1 Å². The summed E-state index contributed by atoms with van der Waals surface area (Å²) in [7, 11) is 1.79. The number of benzene rings is 1. The first kappa shape index (κ1) is 14.4. The number of hydrogen-bond donors (Lipinski definition) is 1. The lowest BCUT2D eigenvalue weighted by atomic mass is 9.92. The number of rotatable bonds is 4. The maximum Gasteiger partial charge on any atom is 0.0877 e. The van der Waals surface area contributed by atoms with Gasteiger partial charge in [-0.05, 0) is 37.1 Å². The van der Waals surface area contributed by atoms with Gasteiger partial charge < -0.3 is 10.1 Å². The zero-order valence-electron chi connectivity index (χ0n) is 12.1. The highest BCUT2D eigenvalue weighted by Gasteiger charge is 2.25. The molecule has 1 heterocycles. The van der Waals surface area contributed by atoms with Gasteiger partial charge in [0.05, 0.1) is 23.5 Å². The van der Waals surface area contributed by atoms with E-state index >= 15 is 0 Å². The molecule has 0 spiro atoms. The van der Waals surface area contributed by atoms with Gasteiger partial charge in [0.2, 0.25) is 0 Å². The van der Waals surface area contributed by atoms with Gasteiger partial charge in [-0.1, -0.05) is 24.4 Å². The number of nitrogens with zero attached hydrogens (tertiary/aromatic N) is 2. The summed E-state index contributed by atoms with van der Waals surface area (Å²) < 4.78 is 7.47. The molecule has 1 aromatic heterocycles. The Morgan fingerprint density at radius 1 is 1.33 bits per heavy atom. The van der Waals surface area contributed by atoms with E-state index in [-0.39, 0.29) is 6.10 Å². The summed E-state index contributed by atoms with van der Waals surface area (Å²) in [4.78, 5) is 0.